The summed E-state index contributed by atoms with van der Waals surface area (Å²) in [4.78, 5) is 22.9. The fourth-order valence-corrected chi connectivity index (χ4v) is 2.66. The molecule has 1 saturated carbocycles. The maximum absolute atomic E-state index is 12.0. The molecule has 6 nitrogen and oxygen atoms in total. The van der Waals surface area contributed by atoms with E-state index in [4.69, 9.17) is 5.73 Å². The van der Waals surface area contributed by atoms with Gasteiger partial charge in [0, 0.05) is 37.5 Å². The van der Waals surface area contributed by atoms with Crippen LogP contribution in [0.15, 0.2) is 0 Å². The summed E-state index contributed by atoms with van der Waals surface area (Å²) in [5.41, 5.74) is 6.82. The highest BCUT2D eigenvalue weighted by molar-refractivity contribution is 5.77. The maximum Gasteiger partial charge on any atom is 0.224 e. The number of carbonyl (C=O) groups excluding carboxylic acids is 1. The third-order valence-electron chi connectivity index (χ3n) is 4.23. The summed E-state index contributed by atoms with van der Waals surface area (Å²) in [5.74, 6) is 2.85. The van der Waals surface area contributed by atoms with E-state index in [-0.39, 0.29) is 5.91 Å². The fraction of sp³-hybridized carbons (Fsp3) is 0.667. The van der Waals surface area contributed by atoms with E-state index in [1.165, 1.54) is 0 Å². The Hall–Kier alpha value is -1.85. The predicted molar refractivity (Wildman–Crippen MR) is 82.1 cm³/mol. The van der Waals surface area contributed by atoms with Crippen molar-refractivity contribution in [2.24, 2.45) is 0 Å². The average molecular weight is 289 g/mol. The van der Waals surface area contributed by atoms with Crippen molar-refractivity contribution in [2.75, 3.05) is 30.7 Å². The number of nitrogens with two attached hydrogens (primary N) is 1. The van der Waals surface area contributed by atoms with Crippen LogP contribution in [0.3, 0.4) is 0 Å². The first-order valence-corrected chi connectivity index (χ1v) is 7.81. The van der Waals surface area contributed by atoms with E-state index in [1.54, 1.807) is 0 Å². The van der Waals surface area contributed by atoms with Crippen molar-refractivity contribution in [1.82, 2.24) is 14.9 Å². The number of carbonyl (C=O) groups is 1. The van der Waals surface area contributed by atoms with E-state index in [0.717, 1.165) is 56.0 Å². The molecule has 6 heteroatoms. The number of amides is 1. The van der Waals surface area contributed by atoms with Gasteiger partial charge in [0.1, 0.15) is 17.5 Å². The van der Waals surface area contributed by atoms with Gasteiger partial charge in [0.15, 0.2) is 0 Å². The molecule has 1 aliphatic carbocycles. The molecule has 0 aromatic carbocycles. The number of likely N-dealkylation sites (tertiary alicyclic amines) is 1. The van der Waals surface area contributed by atoms with Crippen molar-refractivity contribution in [1.29, 1.82) is 0 Å². The van der Waals surface area contributed by atoms with E-state index in [9.17, 15) is 4.79 Å². The van der Waals surface area contributed by atoms with E-state index in [1.807, 2.05) is 11.8 Å². The summed E-state index contributed by atoms with van der Waals surface area (Å²) in [6.45, 7) is 4.32. The normalized spacial score (nSPS) is 18.0. The van der Waals surface area contributed by atoms with Gasteiger partial charge in [0.25, 0.3) is 0 Å². The Balaban J connectivity index is 1.58. The fourth-order valence-electron chi connectivity index (χ4n) is 2.66. The first-order valence-electron chi connectivity index (χ1n) is 7.81. The largest absolute Gasteiger partial charge is 0.383 e. The molecule has 0 bridgehead atoms. The molecule has 114 valence electrons. The van der Waals surface area contributed by atoms with Gasteiger partial charge in [-0.1, -0.05) is 0 Å². The number of nitrogen functional groups attached to an aromatic ring is 1. The second kappa shape index (κ2) is 5.87. The zero-order valence-electron chi connectivity index (χ0n) is 12.6. The molecule has 0 unspecified atom stereocenters. The molecule has 0 atom stereocenters. The second-order valence-electron chi connectivity index (χ2n) is 5.98. The SMILES string of the molecule is Cc1c(N)nc(C2CC2)nc1NCCC(=O)N1CCCC1. The summed E-state index contributed by atoms with van der Waals surface area (Å²) in [5, 5.41) is 3.25. The molecular formula is C15H23N5O. The molecule has 0 spiro atoms. The van der Waals surface area contributed by atoms with Gasteiger partial charge in [-0.15, -0.1) is 0 Å². The van der Waals surface area contributed by atoms with Gasteiger partial charge in [0.05, 0.1) is 0 Å². The Morgan fingerprint density at radius 1 is 1.33 bits per heavy atom. The van der Waals surface area contributed by atoms with Gasteiger partial charge >= 0.3 is 0 Å². The molecule has 1 aromatic rings. The van der Waals surface area contributed by atoms with Gasteiger partial charge in [-0.25, -0.2) is 9.97 Å². The Bertz CT molecular complexity index is 535. The van der Waals surface area contributed by atoms with E-state index >= 15 is 0 Å². The van der Waals surface area contributed by atoms with Crippen molar-refractivity contribution < 1.29 is 4.79 Å². The number of hydrogen-bond acceptors (Lipinski definition) is 5. The Labute approximate surface area is 125 Å². The van der Waals surface area contributed by atoms with Crippen molar-refractivity contribution in [2.45, 2.75) is 44.9 Å². The lowest BCUT2D eigenvalue weighted by Crippen LogP contribution is -2.29. The van der Waals surface area contributed by atoms with Crippen molar-refractivity contribution in [3.8, 4) is 0 Å². The summed E-state index contributed by atoms with van der Waals surface area (Å²) in [6, 6.07) is 0. The number of nitrogens with one attached hydrogen (secondary N) is 1. The standard InChI is InChI=1S/C15H23N5O/c1-10-13(16)18-15(11-4-5-11)19-14(10)17-7-6-12(21)20-8-2-3-9-20/h11H,2-9H2,1H3,(H3,16,17,18,19). The van der Waals surface area contributed by atoms with Crippen LogP contribution in [0.4, 0.5) is 11.6 Å². The highest BCUT2D eigenvalue weighted by atomic mass is 16.2. The first-order chi connectivity index (χ1) is 10.1. The zero-order chi connectivity index (χ0) is 14.8. The zero-order valence-corrected chi connectivity index (χ0v) is 12.6. The van der Waals surface area contributed by atoms with Gasteiger partial charge in [-0.2, -0.15) is 0 Å². The Morgan fingerprint density at radius 2 is 2.05 bits per heavy atom. The molecule has 3 rings (SSSR count). The highest BCUT2D eigenvalue weighted by Crippen LogP contribution is 2.39. The van der Waals surface area contributed by atoms with Crippen molar-refractivity contribution in [3.05, 3.63) is 11.4 Å². The second-order valence-corrected chi connectivity index (χ2v) is 5.98. The smallest absolute Gasteiger partial charge is 0.224 e. The van der Waals surface area contributed by atoms with Gasteiger partial charge in [-0.3, -0.25) is 4.79 Å². The molecule has 2 heterocycles. The summed E-state index contributed by atoms with van der Waals surface area (Å²) >= 11 is 0. The summed E-state index contributed by atoms with van der Waals surface area (Å²) in [6.07, 6.45) is 5.06. The van der Waals surface area contributed by atoms with Crippen LogP contribution < -0.4 is 11.1 Å². The number of anilines is 2. The lowest BCUT2D eigenvalue weighted by atomic mass is 10.2. The van der Waals surface area contributed by atoms with Crippen LogP contribution in [0.2, 0.25) is 0 Å². The quantitative estimate of drug-likeness (QED) is 0.861. The van der Waals surface area contributed by atoms with Crippen LogP contribution in [-0.2, 0) is 4.79 Å². The molecule has 3 N–H and O–H groups in total. The number of aromatic nitrogens is 2. The van der Waals surface area contributed by atoms with Crippen molar-refractivity contribution in [3.63, 3.8) is 0 Å². The third-order valence-corrected chi connectivity index (χ3v) is 4.23. The van der Waals surface area contributed by atoms with Crippen LogP contribution in [0, 0.1) is 6.92 Å². The van der Waals surface area contributed by atoms with Crippen LogP contribution in [0.1, 0.15) is 49.4 Å². The molecule has 21 heavy (non-hydrogen) atoms. The highest BCUT2D eigenvalue weighted by Gasteiger charge is 2.28. The molecule has 1 aromatic heterocycles. The summed E-state index contributed by atoms with van der Waals surface area (Å²) in [7, 11) is 0. The van der Waals surface area contributed by atoms with Gasteiger partial charge in [-0.05, 0) is 32.6 Å². The molecule has 1 amide bonds. The van der Waals surface area contributed by atoms with Crippen LogP contribution in [0.25, 0.3) is 0 Å². The monoisotopic (exact) mass is 289 g/mol. The van der Waals surface area contributed by atoms with E-state index in [2.05, 4.69) is 15.3 Å². The Kier molecular flexibility index (Phi) is 3.94. The van der Waals surface area contributed by atoms with Crippen molar-refractivity contribution >= 4 is 17.5 Å². The maximum atomic E-state index is 12.0. The van der Waals surface area contributed by atoms with E-state index < -0.39 is 0 Å². The minimum absolute atomic E-state index is 0.224. The number of nitrogens with zero attached hydrogens (tertiary/aromatic N) is 3. The minimum Gasteiger partial charge on any atom is -0.383 e. The molecule has 2 fully saturated rings. The lowest BCUT2D eigenvalue weighted by Gasteiger charge is -2.16. The average Bonchev–Trinajstić information content (AvgIpc) is 3.17. The number of hydrogen-bond donors (Lipinski definition) is 2. The van der Waals surface area contributed by atoms with Gasteiger partial charge in [0.2, 0.25) is 5.91 Å². The summed E-state index contributed by atoms with van der Waals surface area (Å²) < 4.78 is 0. The van der Waals surface area contributed by atoms with Crippen LogP contribution >= 0.6 is 0 Å². The molecule has 0 radical (unpaired) electrons. The topological polar surface area (TPSA) is 84.1 Å². The predicted octanol–water partition coefficient (Wildman–Crippen LogP) is 1.67. The number of rotatable bonds is 5. The van der Waals surface area contributed by atoms with Crippen LogP contribution in [0.5, 0.6) is 0 Å². The molecule has 2 aliphatic rings. The molecular weight excluding hydrogens is 266 g/mol. The molecule has 1 saturated heterocycles. The third kappa shape index (κ3) is 3.25. The van der Waals surface area contributed by atoms with E-state index in [0.29, 0.717) is 24.7 Å². The van der Waals surface area contributed by atoms with Crippen LogP contribution in [-0.4, -0.2) is 40.4 Å². The lowest BCUT2D eigenvalue weighted by molar-refractivity contribution is -0.129. The van der Waals surface area contributed by atoms with Gasteiger partial charge < -0.3 is 16.0 Å². The minimum atomic E-state index is 0.224. The first kappa shape index (κ1) is 14.1. The molecule has 1 aliphatic heterocycles. The Morgan fingerprint density at radius 3 is 2.71 bits per heavy atom.